The Morgan fingerprint density at radius 2 is 2.00 bits per heavy atom. The highest BCUT2D eigenvalue weighted by atomic mass is 32.1. The number of benzene rings is 1. The van der Waals surface area contributed by atoms with Crippen molar-refractivity contribution in [1.29, 1.82) is 0 Å². The Bertz CT molecular complexity index is 511. The second kappa shape index (κ2) is 5.19. The maximum Gasteiger partial charge on any atom is 0.0349 e. The van der Waals surface area contributed by atoms with Gasteiger partial charge in [-0.3, -0.25) is 0 Å². The van der Waals surface area contributed by atoms with E-state index < -0.39 is 0 Å². The maximum atomic E-state index is 3.53. The zero-order valence-corrected chi connectivity index (χ0v) is 11.9. The first-order valence-corrected chi connectivity index (χ1v) is 7.09. The van der Waals surface area contributed by atoms with Crippen molar-refractivity contribution < 1.29 is 0 Å². The molecule has 0 unspecified atom stereocenters. The summed E-state index contributed by atoms with van der Waals surface area (Å²) in [5, 5.41) is 4.96. The molecule has 92 valence electrons. The first kappa shape index (κ1) is 12.6. The van der Waals surface area contributed by atoms with Crippen LogP contribution in [0.25, 0.3) is 10.1 Å². The van der Waals surface area contributed by atoms with E-state index in [1.54, 1.807) is 0 Å². The van der Waals surface area contributed by atoms with Crippen LogP contribution < -0.4 is 5.32 Å². The van der Waals surface area contributed by atoms with Crippen molar-refractivity contribution in [3.05, 3.63) is 34.2 Å². The molecule has 0 saturated carbocycles. The molecule has 1 aromatic carbocycles. The Morgan fingerprint density at radius 3 is 2.71 bits per heavy atom. The van der Waals surface area contributed by atoms with E-state index in [0.29, 0.717) is 5.92 Å². The van der Waals surface area contributed by atoms with Gasteiger partial charge in [0.05, 0.1) is 0 Å². The van der Waals surface area contributed by atoms with Crippen LogP contribution in [0, 0.1) is 19.8 Å². The van der Waals surface area contributed by atoms with Crippen molar-refractivity contribution >= 4 is 21.4 Å². The van der Waals surface area contributed by atoms with E-state index in [1.807, 2.05) is 11.3 Å². The van der Waals surface area contributed by atoms with Gasteiger partial charge in [0.1, 0.15) is 0 Å². The molecule has 17 heavy (non-hydrogen) atoms. The van der Waals surface area contributed by atoms with Gasteiger partial charge in [-0.05, 0) is 43.3 Å². The van der Waals surface area contributed by atoms with Crippen LogP contribution in [0.15, 0.2) is 18.2 Å². The van der Waals surface area contributed by atoms with Crippen LogP contribution in [0.3, 0.4) is 0 Å². The van der Waals surface area contributed by atoms with E-state index >= 15 is 0 Å². The van der Waals surface area contributed by atoms with Crippen LogP contribution in [0.2, 0.25) is 0 Å². The van der Waals surface area contributed by atoms with Crippen molar-refractivity contribution in [3.8, 4) is 0 Å². The summed E-state index contributed by atoms with van der Waals surface area (Å²) in [6.45, 7) is 11.0. The number of hydrogen-bond acceptors (Lipinski definition) is 2. The Labute approximate surface area is 108 Å². The molecule has 0 spiro atoms. The molecule has 0 aliphatic rings. The van der Waals surface area contributed by atoms with Crippen molar-refractivity contribution in [2.45, 2.75) is 34.2 Å². The molecule has 2 heteroatoms. The summed E-state index contributed by atoms with van der Waals surface area (Å²) in [4.78, 5) is 1.48. The van der Waals surface area contributed by atoms with Gasteiger partial charge in [-0.15, -0.1) is 11.3 Å². The number of hydrogen-bond donors (Lipinski definition) is 1. The average molecular weight is 247 g/mol. The van der Waals surface area contributed by atoms with Crippen LogP contribution in [0.1, 0.15) is 29.9 Å². The summed E-state index contributed by atoms with van der Waals surface area (Å²) in [6.07, 6.45) is 0. The van der Waals surface area contributed by atoms with E-state index in [0.717, 1.165) is 13.1 Å². The predicted octanol–water partition coefficient (Wildman–Crippen LogP) is 4.26. The van der Waals surface area contributed by atoms with Gasteiger partial charge >= 0.3 is 0 Å². The largest absolute Gasteiger partial charge is 0.312 e. The summed E-state index contributed by atoms with van der Waals surface area (Å²) >= 11 is 1.92. The fourth-order valence-electron chi connectivity index (χ4n) is 2.03. The summed E-state index contributed by atoms with van der Waals surface area (Å²) in [7, 11) is 0. The summed E-state index contributed by atoms with van der Waals surface area (Å²) < 4.78 is 1.41. The second-order valence-corrected chi connectivity index (χ2v) is 6.31. The molecule has 1 heterocycles. The van der Waals surface area contributed by atoms with E-state index in [4.69, 9.17) is 0 Å². The molecule has 2 rings (SSSR count). The molecule has 2 aromatic rings. The monoisotopic (exact) mass is 247 g/mol. The molecule has 1 aromatic heterocycles. The number of nitrogens with one attached hydrogen (secondary N) is 1. The third-order valence-electron chi connectivity index (χ3n) is 3.03. The van der Waals surface area contributed by atoms with E-state index in [2.05, 4.69) is 51.2 Å². The Balaban J connectivity index is 2.20. The number of rotatable bonds is 4. The standard InChI is InChI=1S/C15H21NS/c1-10(2)8-16-9-15-12(4)13-7-11(3)5-6-14(13)17-15/h5-7,10,16H,8-9H2,1-4H3. The third kappa shape index (κ3) is 2.88. The molecule has 0 aliphatic heterocycles. The topological polar surface area (TPSA) is 12.0 Å². The lowest BCUT2D eigenvalue weighted by Gasteiger charge is -2.06. The zero-order chi connectivity index (χ0) is 12.4. The lowest BCUT2D eigenvalue weighted by atomic mass is 10.1. The molecule has 1 N–H and O–H groups in total. The molecular formula is C15H21NS. The fraction of sp³-hybridized carbons (Fsp3) is 0.467. The molecule has 0 saturated heterocycles. The van der Waals surface area contributed by atoms with Gasteiger partial charge in [-0.2, -0.15) is 0 Å². The fourth-order valence-corrected chi connectivity index (χ4v) is 3.19. The summed E-state index contributed by atoms with van der Waals surface area (Å²) in [5.74, 6) is 0.715. The lowest BCUT2D eigenvalue weighted by molar-refractivity contribution is 0.554. The maximum absolute atomic E-state index is 3.53. The molecule has 0 aliphatic carbocycles. The average Bonchev–Trinajstić information content (AvgIpc) is 2.56. The van der Waals surface area contributed by atoms with Crippen molar-refractivity contribution in [2.75, 3.05) is 6.54 Å². The Morgan fingerprint density at radius 1 is 1.24 bits per heavy atom. The van der Waals surface area contributed by atoms with Crippen LogP contribution in [-0.4, -0.2) is 6.54 Å². The zero-order valence-electron chi connectivity index (χ0n) is 11.1. The van der Waals surface area contributed by atoms with Gasteiger partial charge in [0, 0.05) is 16.1 Å². The van der Waals surface area contributed by atoms with E-state index in [-0.39, 0.29) is 0 Å². The normalized spacial score (nSPS) is 11.6. The van der Waals surface area contributed by atoms with Crippen LogP contribution in [0.5, 0.6) is 0 Å². The minimum atomic E-state index is 0.715. The quantitative estimate of drug-likeness (QED) is 0.851. The molecule has 0 fully saturated rings. The molecular weight excluding hydrogens is 226 g/mol. The third-order valence-corrected chi connectivity index (χ3v) is 4.30. The van der Waals surface area contributed by atoms with Crippen molar-refractivity contribution in [1.82, 2.24) is 5.32 Å². The molecule has 0 bridgehead atoms. The van der Waals surface area contributed by atoms with Crippen LogP contribution >= 0.6 is 11.3 Å². The molecule has 0 radical (unpaired) electrons. The van der Waals surface area contributed by atoms with Crippen molar-refractivity contribution in [3.63, 3.8) is 0 Å². The minimum absolute atomic E-state index is 0.715. The molecule has 0 amide bonds. The lowest BCUT2D eigenvalue weighted by Crippen LogP contribution is -2.18. The first-order valence-electron chi connectivity index (χ1n) is 6.27. The number of fused-ring (bicyclic) bond motifs is 1. The van der Waals surface area contributed by atoms with Gasteiger partial charge in [0.2, 0.25) is 0 Å². The predicted molar refractivity (Wildman–Crippen MR) is 77.8 cm³/mol. The molecule has 0 atom stereocenters. The van der Waals surface area contributed by atoms with Crippen LogP contribution in [0.4, 0.5) is 0 Å². The second-order valence-electron chi connectivity index (χ2n) is 5.17. The highest BCUT2D eigenvalue weighted by molar-refractivity contribution is 7.19. The summed E-state index contributed by atoms with van der Waals surface area (Å²) in [5.41, 5.74) is 2.80. The first-order chi connectivity index (χ1) is 8.08. The van der Waals surface area contributed by atoms with Crippen LogP contribution in [-0.2, 0) is 6.54 Å². The minimum Gasteiger partial charge on any atom is -0.312 e. The van der Waals surface area contributed by atoms with Crippen molar-refractivity contribution in [2.24, 2.45) is 5.92 Å². The SMILES string of the molecule is Cc1ccc2sc(CNCC(C)C)c(C)c2c1. The molecule has 1 nitrogen and oxygen atoms in total. The highest BCUT2D eigenvalue weighted by Crippen LogP contribution is 2.31. The Hall–Kier alpha value is -0.860. The Kier molecular flexibility index (Phi) is 3.85. The smallest absolute Gasteiger partial charge is 0.0349 e. The van der Waals surface area contributed by atoms with E-state index in [1.165, 1.54) is 26.1 Å². The number of aryl methyl sites for hydroxylation is 2. The van der Waals surface area contributed by atoms with Gasteiger partial charge in [-0.1, -0.05) is 31.5 Å². The van der Waals surface area contributed by atoms with E-state index in [9.17, 15) is 0 Å². The summed E-state index contributed by atoms with van der Waals surface area (Å²) in [6, 6.07) is 6.74. The number of thiophene rings is 1. The van der Waals surface area contributed by atoms with Gasteiger partial charge in [0.25, 0.3) is 0 Å². The van der Waals surface area contributed by atoms with Gasteiger partial charge < -0.3 is 5.32 Å². The van der Waals surface area contributed by atoms with Gasteiger partial charge in [-0.25, -0.2) is 0 Å². The highest BCUT2D eigenvalue weighted by Gasteiger charge is 2.08. The van der Waals surface area contributed by atoms with Gasteiger partial charge in [0.15, 0.2) is 0 Å².